The molecule has 1 fully saturated rings. The molecule has 1 aromatic carbocycles. The molecule has 0 aromatic heterocycles. The van der Waals surface area contributed by atoms with E-state index < -0.39 is 0 Å². The number of likely N-dealkylation sites (tertiary alicyclic amines) is 1. The molecule has 1 aliphatic rings. The summed E-state index contributed by atoms with van der Waals surface area (Å²) < 4.78 is 0. The summed E-state index contributed by atoms with van der Waals surface area (Å²) in [5, 5.41) is 10.7. The van der Waals surface area contributed by atoms with Crippen LogP contribution in [0, 0.1) is 5.41 Å². The Labute approximate surface area is 121 Å². The predicted octanol–water partition coefficient (Wildman–Crippen LogP) is 4.62. The minimum atomic E-state index is 0.221. The summed E-state index contributed by atoms with van der Waals surface area (Å²) >= 11 is 6.05. The SMILES string of the molecule is CCC1(CC)CCN(C(C)c2cc(Cl)ccc2O)C1. The summed E-state index contributed by atoms with van der Waals surface area (Å²) in [6, 6.07) is 5.54. The van der Waals surface area contributed by atoms with Gasteiger partial charge in [-0.2, -0.15) is 0 Å². The van der Waals surface area contributed by atoms with E-state index in [0.717, 1.165) is 18.7 Å². The lowest BCUT2D eigenvalue weighted by Crippen LogP contribution is -2.28. The first kappa shape index (κ1) is 14.7. The molecule has 0 saturated carbocycles. The van der Waals surface area contributed by atoms with Gasteiger partial charge in [0.2, 0.25) is 0 Å². The minimum Gasteiger partial charge on any atom is -0.508 e. The Morgan fingerprint density at radius 2 is 2.05 bits per heavy atom. The number of phenols is 1. The fraction of sp³-hybridized carbons (Fsp3) is 0.625. The zero-order valence-corrected chi connectivity index (χ0v) is 12.9. The van der Waals surface area contributed by atoms with E-state index >= 15 is 0 Å². The standard InChI is InChI=1S/C16H24ClNO/c1-4-16(5-2)8-9-18(11-16)12(3)14-10-13(17)6-7-15(14)19/h6-7,10,12,19H,4-5,8-9,11H2,1-3H3. The van der Waals surface area contributed by atoms with E-state index in [1.54, 1.807) is 12.1 Å². The summed E-state index contributed by atoms with van der Waals surface area (Å²) in [6.45, 7) is 8.96. The lowest BCUT2D eigenvalue weighted by molar-refractivity contribution is 0.202. The highest BCUT2D eigenvalue weighted by Gasteiger charge is 2.37. The van der Waals surface area contributed by atoms with Gasteiger partial charge in [-0.05, 0) is 56.3 Å². The fourth-order valence-electron chi connectivity index (χ4n) is 3.18. The van der Waals surface area contributed by atoms with Crippen LogP contribution in [0.25, 0.3) is 0 Å². The molecule has 0 amide bonds. The smallest absolute Gasteiger partial charge is 0.120 e. The highest BCUT2D eigenvalue weighted by atomic mass is 35.5. The molecular weight excluding hydrogens is 258 g/mol. The third-order valence-corrected chi connectivity index (χ3v) is 5.19. The number of hydrogen-bond acceptors (Lipinski definition) is 2. The fourth-order valence-corrected chi connectivity index (χ4v) is 3.36. The number of hydrogen-bond donors (Lipinski definition) is 1. The molecule has 0 spiro atoms. The van der Waals surface area contributed by atoms with E-state index in [-0.39, 0.29) is 6.04 Å². The molecule has 0 aliphatic carbocycles. The minimum absolute atomic E-state index is 0.221. The van der Waals surface area contributed by atoms with Crippen LogP contribution in [0.3, 0.4) is 0 Å². The molecule has 2 rings (SSSR count). The third-order valence-electron chi connectivity index (χ3n) is 4.96. The van der Waals surface area contributed by atoms with Gasteiger partial charge in [-0.3, -0.25) is 4.90 Å². The lowest BCUT2D eigenvalue weighted by Gasteiger charge is -2.30. The van der Waals surface area contributed by atoms with Gasteiger partial charge in [0.05, 0.1) is 0 Å². The maximum atomic E-state index is 10.0. The van der Waals surface area contributed by atoms with E-state index in [0.29, 0.717) is 16.2 Å². The van der Waals surface area contributed by atoms with Crippen LogP contribution in [-0.2, 0) is 0 Å². The van der Waals surface area contributed by atoms with Gasteiger partial charge in [0.15, 0.2) is 0 Å². The van der Waals surface area contributed by atoms with Crippen LogP contribution in [0.5, 0.6) is 5.75 Å². The first-order chi connectivity index (χ1) is 9.01. The molecule has 1 heterocycles. The van der Waals surface area contributed by atoms with Crippen LogP contribution in [0.2, 0.25) is 5.02 Å². The highest BCUT2D eigenvalue weighted by molar-refractivity contribution is 6.30. The van der Waals surface area contributed by atoms with Crippen molar-refractivity contribution >= 4 is 11.6 Å². The van der Waals surface area contributed by atoms with Crippen LogP contribution in [0.15, 0.2) is 18.2 Å². The first-order valence-electron chi connectivity index (χ1n) is 7.24. The molecule has 0 bridgehead atoms. The summed E-state index contributed by atoms with van der Waals surface area (Å²) in [6.07, 6.45) is 3.72. The Morgan fingerprint density at radius 1 is 1.37 bits per heavy atom. The average molecular weight is 282 g/mol. The van der Waals surface area contributed by atoms with Crippen molar-refractivity contribution < 1.29 is 5.11 Å². The van der Waals surface area contributed by atoms with E-state index in [1.165, 1.54) is 19.3 Å². The number of rotatable bonds is 4. The summed E-state index contributed by atoms with van der Waals surface area (Å²) in [4.78, 5) is 2.47. The monoisotopic (exact) mass is 281 g/mol. The van der Waals surface area contributed by atoms with Gasteiger partial charge in [0.1, 0.15) is 5.75 Å². The van der Waals surface area contributed by atoms with Gasteiger partial charge < -0.3 is 5.11 Å². The molecule has 106 valence electrons. The van der Waals surface area contributed by atoms with Crippen molar-refractivity contribution in [2.24, 2.45) is 5.41 Å². The topological polar surface area (TPSA) is 23.5 Å². The van der Waals surface area contributed by atoms with E-state index in [9.17, 15) is 5.11 Å². The first-order valence-corrected chi connectivity index (χ1v) is 7.61. The van der Waals surface area contributed by atoms with Crippen molar-refractivity contribution in [3.8, 4) is 5.75 Å². The summed E-state index contributed by atoms with van der Waals surface area (Å²) in [7, 11) is 0. The van der Waals surface area contributed by atoms with Crippen molar-refractivity contribution in [1.82, 2.24) is 4.90 Å². The van der Waals surface area contributed by atoms with Gasteiger partial charge >= 0.3 is 0 Å². The van der Waals surface area contributed by atoms with E-state index in [2.05, 4.69) is 25.7 Å². The van der Waals surface area contributed by atoms with Crippen molar-refractivity contribution in [2.45, 2.75) is 46.1 Å². The van der Waals surface area contributed by atoms with Gasteiger partial charge in [0.25, 0.3) is 0 Å². The van der Waals surface area contributed by atoms with Crippen LogP contribution in [0.4, 0.5) is 0 Å². The predicted molar refractivity (Wildman–Crippen MR) is 80.7 cm³/mol. The summed E-state index contributed by atoms with van der Waals surface area (Å²) in [5.74, 6) is 0.349. The molecule has 19 heavy (non-hydrogen) atoms. The maximum absolute atomic E-state index is 10.0. The van der Waals surface area contributed by atoms with Crippen LogP contribution < -0.4 is 0 Å². The highest BCUT2D eigenvalue weighted by Crippen LogP contribution is 2.41. The normalized spacial score (nSPS) is 20.6. The summed E-state index contributed by atoms with van der Waals surface area (Å²) in [5.41, 5.74) is 1.40. The molecule has 0 radical (unpaired) electrons. The number of nitrogens with zero attached hydrogens (tertiary/aromatic N) is 1. The van der Waals surface area contributed by atoms with Gasteiger partial charge in [-0.1, -0.05) is 25.4 Å². The molecular formula is C16H24ClNO. The lowest BCUT2D eigenvalue weighted by atomic mass is 9.82. The Kier molecular flexibility index (Phi) is 4.42. The molecule has 1 aromatic rings. The molecule has 1 N–H and O–H groups in total. The van der Waals surface area contributed by atoms with Gasteiger partial charge in [0, 0.05) is 23.2 Å². The van der Waals surface area contributed by atoms with Crippen LogP contribution >= 0.6 is 11.6 Å². The number of halogens is 1. The molecule has 1 unspecified atom stereocenters. The molecule has 2 nitrogen and oxygen atoms in total. The molecule has 1 saturated heterocycles. The largest absolute Gasteiger partial charge is 0.508 e. The van der Waals surface area contributed by atoms with Crippen LogP contribution in [0.1, 0.15) is 51.6 Å². The Morgan fingerprint density at radius 3 is 2.63 bits per heavy atom. The van der Waals surface area contributed by atoms with Crippen molar-refractivity contribution in [2.75, 3.05) is 13.1 Å². The van der Waals surface area contributed by atoms with E-state index in [1.807, 2.05) is 6.07 Å². The average Bonchev–Trinajstić information content (AvgIpc) is 2.86. The third kappa shape index (κ3) is 2.90. The Bertz CT molecular complexity index is 442. The molecule has 1 atom stereocenters. The van der Waals surface area contributed by atoms with Crippen LogP contribution in [-0.4, -0.2) is 23.1 Å². The van der Waals surface area contributed by atoms with Crippen molar-refractivity contribution in [3.05, 3.63) is 28.8 Å². The number of phenolic OH excluding ortho intramolecular Hbond substituents is 1. The van der Waals surface area contributed by atoms with Crippen molar-refractivity contribution in [3.63, 3.8) is 0 Å². The van der Waals surface area contributed by atoms with Crippen molar-refractivity contribution in [1.29, 1.82) is 0 Å². The number of benzene rings is 1. The quantitative estimate of drug-likeness (QED) is 0.870. The second kappa shape index (κ2) is 5.72. The Hall–Kier alpha value is -0.730. The second-order valence-corrected chi connectivity index (χ2v) is 6.24. The van der Waals surface area contributed by atoms with Gasteiger partial charge in [-0.15, -0.1) is 0 Å². The second-order valence-electron chi connectivity index (χ2n) is 5.81. The van der Waals surface area contributed by atoms with Gasteiger partial charge in [-0.25, -0.2) is 0 Å². The Balaban J connectivity index is 2.17. The zero-order valence-electron chi connectivity index (χ0n) is 12.1. The molecule has 1 aliphatic heterocycles. The number of aromatic hydroxyl groups is 1. The van der Waals surface area contributed by atoms with E-state index in [4.69, 9.17) is 11.6 Å². The maximum Gasteiger partial charge on any atom is 0.120 e. The molecule has 3 heteroatoms. The zero-order chi connectivity index (χ0) is 14.0.